The van der Waals surface area contributed by atoms with Crippen molar-refractivity contribution in [3.05, 3.63) is 36.2 Å². The summed E-state index contributed by atoms with van der Waals surface area (Å²) in [5.74, 6) is -1.08. The van der Waals surface area contributed by atoms with Crippen molar-refractivity contribution in [1.29, 1.82) is 0 Å². The van der Waals surface area contributed by atoms with E-state index in [0.29, 0.717) is 22.3 Å². The van der Waals surface area contributed by atoms with Crippen LogP contribution >= 0.6 is 0 Å². The van der Waals surface area contributed by atoms with Gasteiger partial charge in [-0.1, -0.05) is 0 Å². The van der Waals surface area contributed by atoms with Crippen molar-refractivity contribution in [3.8, 4) is 11.1 Å². The van der Waals surface area contributed by atoms with Gasteiger partial charge in [-0.3, -0.25) is 9.59 Å². The third-order valence-corrected chi connectivity index (χ3v) is 2.31. The van der Waals surface area contributed by atoms with E-state index in [1.165, 1.54) is 25.1 Å². The van der Waals surface area contributed by atoms with E-state index in [9.17, 15) is 9.59 Å². The molecule has 0 spiro atoms. The maximum atomic E-state index is 11.5. The molecule has 4 nitrogen and oxygen atoms in total. The first kappa shape index (κ1) is 7.32. The number of ketones is 2. The Morgan fingerprint density at radius 1 is 0.643 bits per heavy atom. The number of hydrogen-bond donors (Lipinski definition) is 0. The molecule has 2 aromatic heterocycles. The minimum atomic E-state index is -0.539. The predicted octanol–water partition coefficient (Wildman–Crippen LogP) is 1.92. The summed E-state index contributed by atoms with van der Waals surface area (Å²) in [6.45, 7) is 0. The van der Waals surface area contributed by atoms with Crippen LogP contribution in [-0.2, 0) is 0 Å². The Labute approximate surface area is 78.1 Å². The topological polar surface area (TPSA) is 60.4 Å². The third kappa shape index (κ3) is 0.682. The molecule has 3 rings (SSSR count). The van der Waals surface area contributed by atoms with Crippen molar-refractivity contribution in [2.45, 2.75) is 0 Å². The fraction of sp³-hybridized carbons (Fsp3) is 0. The zero-order valence-corrected chi connectivity index (χ0v) is 6.94. The van der Waals surface area contributed by atoms with E-state index in [0.717, 1.165) is 0 Å². The largest absolute Gasteiger partial charge is 0.471 e. The molecule has 0 atom stereocenters. The highest BCUT2D eigenvalue weighted by molar-refractivity contribution is 6.52. The molecule has 0 amide bonds. The predicted molar refractivity (Wildman–Crippen MR) is 45.1 cm³/mol. The summed E-state index contributed by atoms with van der Waals surface area (Å²) in [5, 5.41) is 0. The lowest BCUT2D eigenvalue weighted by atomic mass is 9.90. The van der Waals surface area contributed by atoms with Crippen molar-refractivity contribution >= 4 is 11.6 Å². The van der Waals surface area contributed by atoms with Crippen LogP contribution < -0.4 is 0 Å². The zero-order valence-electron chi connectivity index (χ0n) is 6.94. The molecule has 68 valence electrons. The first-order valence-electron chi connectivity index (χ1n) is 4.01. The number of rotatable bonds is 0. The minimum absolute atomic E-state index is 0.309. The molecule has 0 bridgehead atoms. The maximum Gasteiger partial charge on any atom is 0.237 e. The first-order chi connectivity index (χ1) is 6.79. The molecule has 0 fully saturated rings. The van der Waals surface area contributed by atoms with Gasteiger partial charge < -0.3 is 8.83 Å². The SMILES string of the molecule is O=C1C(=O)c2cocc2-c2cocc21. The van der Waals surface area contributed by atoms with Gasteiger partial charge in [0.15, 0.2) is 0 Å². The fourth-order valence-electron chi connectivity index (χ4n) is 1.61. The highest BCUT2D eigenvalue weighted by Crippen LogP contribution is 2.34. The van der Waals surface area contributed by atoms with Crippen molar-refractivity contribution in [3.63, 3.8) is 0 Å². The Bertz CT molecular complexity index is 494. The van der Waals surface area contributed by atoms with Gasteiger partial charge in [0, 0.05) is 11.1 Å². The van der Waals surface area contributed by atoms with Crippen LogP contribution in [0.1, 0.15) is 20.7 Å². The monoisotopic (exact) mass is 188 g/mol. The molecule has 0 unspecified atom stereocenters. The van der Waals surface area contributed by atoms with Crippen molar-refractivity contribution < 1.29 is 18.4 Å². The lowest BCUT2D eigenvalue weighted by Crippen LogP contribution is -2.18. The highest BCUT2D eigenvalue weighted by Gasteiger charge is 2.33. The lowest BCUT2D eigenvalue weighted by Gasteiger charge is -2.06. The van der Waals surface area contributed by atoms with Gasteiger partial charge >= 0.3 is 0 Å². The van der Waals surface area contributed by atoms with E-state index in [4.69, 9.17) is 8.83 Å². The van der Waals surface area contributed by atoms with Crippen LogP contribution in [0.2, 0.25) is 0 Å². The fourth-order valence-corrected chi connectivity index (χ4v) is 1.61. The Hall–Kier alpha value is -2.10. The molecule has 4 heteroatoms. The van der Waals surface area contributed by atoms with Gasteiger partial charge in [-0.05, 0) is 0 Å². The number of carbonyl (C=O) groups excluding carboxylic acids is 2. The van der Waals surface area contributed by atoms with E-state index < -0.39 is 11.6 Å². The van der Waals surface area contributed by atoms with Crippen LogP contribution in [0.3, 0.4) is 0 Å². The van der Waals surface area contributed by atoms with Crippen LogP contribution in [-0.4, -0.2) is 11.6 Å². The number of Topliss-reactive ketones (excluding diaryl/α,β-unsaturated/α-hetero) is 2. The van der Waals surface area contributed by atoms with Gasteiger partial charge in [0.2, 0.25) is 11.6 Å². The Morgan fingerprint density at radius 2 is 1.00 bits per heavy atom. The molecule has 0 radical (unpaired) electrons. The van der Waals surface area contributed by atoms with E-state index >= 15 is 0 Å². The summed E-state index contributed by atoms with van der Waals surface area (Å²) in [5.41, 5.74) is 1.87. The Balaban J connectivity index is 2.43. The van der Waals surface area contributed by atoms with E-state index in [2.05, 4.69) is 0 Å². The average Bonchev–Trinajstić information content (AvgIpc) is 2.80. The Kier molecular flexibility index (Phi) is 1.16. The molecule has 2 aromatic rings. The highest BCUT2D eigenvalue weighted by atomic mass is 16.3. The second-order valence-electron chi connectivity index (χ2n) is 3.06. The number of furan rings is 2. The summed E-state index contributed by atoms with van der Waals surface area (Å²) in [4.78, 5) is 23.0. The third-order valence-electron chi connectivity index (χ3n) is 2.31. The second-order valence-corrected chi connectivity index (χ2v) is 3.06. The summed E-state index contributed by atoms with van der Waals surface area (Å²) in [6.07, 6.45) is 5.44. The van der Waals surface area contributed by atoms with E-state index in [-0.39, 0.29) is 0 Å². The molecule has 0 N–H and O–H groups in total. The maximum absolute atomic E-state index is 11.5. The number of hydrogen-bond acceptors (Lipinski definition) is 4. The number of carbonyl (C=O) groups is 2. The lowest BCUT2D eigenvalue weighted by molar-refractivity contribution is 0.0814. The van der Waals surface area contributed by atoms with Crippen LogP contribution in [0, 0.1) is 0 Å². The van der Waals surface area contributed by atoms with Crippen molar-refractivity contribution in [2.24, 2.45) is 0 Å². The summed E-state index contributed by atoms with van der Waals surface area (Å²) >= 11 is 0. The Morgan fingerprint density at radius 3 is 1.43 bits per heavy atom. The molecule has 14 heavy (non-hydrogen) atoms. The zero-order chi connectivity index (χ0) is 9.71. The van der Waals surface area contributed by atoms with Gasteiger partial charge in [0.05, 0.1) is 23.7 Å². The normalized spacial score (nSPS) is 14.0. The van der Waals surface area contributed by atoms with Gasteiger partial charge in [0.1, 0.15) is 12.5 Å². The molecular formula is C10H4O4. The smallest absolute Gasteiger partial charge is 0.237 e. The van der Waals surface area contributed by atoms with Gasteiger partial charge in [-0.25, -0.2) is 0 Å². The molecule has 1 aliphatic rings. The van der Waals surface area contributed by atoms with Gasteiger partial charge in [-0.2, -0.15) is 0 Å². The average molecular weight is 188 g/mol. The van der Waals surface area contributed by atoms with Crippen LogP contribution in [0.4, 0.5) is 0 Å². The van der Waals surface area contributed by atoms with Crippen molar-refractivity contribution in [2.75, 3.05) is 0 Å². The van der Waals surface area contributed by atoms with Gasteiger partial charge in [-0.15, -0.1) is 0 Å². The van der Waals surface area contributed by atoms with E-state index in [1.54, 1.807) is 0 Å². The van der Waals surface area contributed by atoms with Crippen LogP contribution in [0.25, 0.3) is 11.1 Å². The van der Waals surface area contributed by atoms with E-state index in [1.807, 2.05) is 0 Å². The van der Waals surface area contributed by atoms with Crippen LogP contribution in [0.5, 0.6) is 0 Å². The molecular weight excluding hydrogens is 184 g/mol. The van der Waals surface area contributed by atoms with Crippen LogP contribution in [0.15, 0.2) is 33.9 Å². The summed E-state index contributed by atoms with van der Waals surface area (Å²) in [7, 11) is 0. The molecule has 0 saturated heterocycles. The summed E-state index contributed by atoms with van der Waals surface area (Å²) in [6, 6.07) is 0. The van der Waals surface area contributed by atoms with Crippen molar-refractivity contribution in [1.82, 2.24) is 0 Å². The standard InChI is InChI=1S/C10H4O4/c11-9-7-3-13-1-5(7)6-2-14-4-8(6)10(9)12/h1-4H. The summed E-state index contributed by atoms with van der Waals surface area (Å²) < 4.78 is 9.80. The number of fused-ring (bicyclic) bond motifs is 3. The molecule has 2 heterocycles. The minimum Gasteiger partial charge on any atom is -0.471 e. The molecule has 0 aromatic carbocycles. The molecule has 1 aliphatic carbocycles. The second kappa shape index (κ2) is 2.23. The first-order valence-corrected chi connectivity index (χ1v) is 4.01. The molecule has 0 aliphatic heterocycles. The van der Waals surface area contributed by atoms with Gasteiger partial charge in [0.25, 0.3) is 0 Å². The molecule has 0 saturated carbocycles. The quantitative estimate of drug-likeness (QED) is 0.592.